The van der Waals surface area contributed by atoms with E-state index in [0.717, 1.165) is 24.3 Å². The Balaban J connectivity index is 2.48. The second kappa shape index (κ2) is 6.01. The van der Waals surface area contributed by atoms with Gasteiger partial charge in [0.05, 0.1) is 6.54 Å². The van der Waals surface area contributed by atoms with E-state index in [1.165, 1.54) is 22.1 Å². The Bertz CT molecular complexity index is 593. The summed E-state index contributed by atoms with van der Waals surface area (Å²) in [7, 11) is 0. The van der Waals surface area contributed by atoms with E-state index in [-0.39, 0.29) is 0 Å². The van der Waals surface area contributed by atoms with Crippen molar-refractivity contribution < 1.29 is 4.42 Å². The Morgan fingerprint density at radius 3 is 2.30 bits per heavy atom. The van der Waals surface area contributed by atoms with Crippen LogP contribution in [0.3, 0.4) is 0 Å². The van der Waals surface area contributed by atoms with Gasteiger partial charge in [-0.1, -0.05) is 27.7 Å². The van der Waals surface area contributed by atoms with Crippen LogP contribution in [0.4, 0.5) is 0 Å². The fourth-order valence-electron chi connectivity index (χ4n) is 2.53. The fraction of sp³-hybridized carbons (Fsp3) is 0.556. The highest BCUT2D eigenvalue weighted by atomic mass is 16.3. The molecule has 1 N–H and O–H groups in total. The van der Waals surface area contributed by atoms with Crippen LogP contribution >= 0.6 is 0 Å². The quantitative estimate of drug-likeness (QED) is 0.850. The molecule has 0 fully saturated rings. The van der Waals surface area contributed by atoms with E-state index >= 15 is 0 Å². The molecule has 0 radical (unpaired) electrons. The minimum atomic E-state index is 0.471. The van der Waals surface area contributed by atoms with Crippen molar-refractivity contribution >= 4 is 11.0 Å². The highest BCUT2D eigenvalue weighted by Gasteiger charge is 2.16. The van der Waals surface area contributed by atoms with Gasteiger partial charge in [-0.3, -0.25) is 0 Å². The van der Waals surface area contributed by atoms with Gasteiger partial charge in [0.15, 0.2) is 0 Å². The molecule has 0 saturated carbocycles. The van der Waals surface area contributed by atoms with Crippen molar-refractivity contribution in [1.82, 2.24) is 5.32 Å². The zero-order valence-corrected chi connectivity index (χ0v) is 13.6. The van der Waals surface area contributed by atoms with E-state index in [1.807, 2.05) is 0 Å². The molecule has 110 valence electrons. The zero-order chi connectivity index (χ0) is 14.9. The van der Waals surface area contributed by atoms with Crippen LogP contribution in [0, 0.1) is 19.8 Å². The van der Waals surface area contributed by atoms with Gasteiger partial charge in [0, 0.05) is 17.0 Å². The highest BCUT2D eigenvalue weighted by Crippen LogP contribution is 2.30. The summed E-state index contributed by atoms with van der Waals surface area (Å²) in [6.07, 6.45) is 1.07. The van der Waals surface area contributed by atoms with Gasteiger partial charge in [0.2, 0.25) is 0 Å². The molecule has 2 rings (SSSR count). The van der Waals surface area contributed by atoms with Gasteiger partial charge >= 0.3 is 0 Å². The molecular formula is C18H27NO. The van der Waals surface area contributed by atoms with E-state index in [1.54, 1.807) is 0 Å². The summed E-state index contributed by atoms with van der Waals surface area (Å²) < 4.78 is 6.12. The van der Waals surface area contributed by atoms with Gasteiger partial charge in [0.25, 0.3) is 0 Å². The molecule has 0 bridgehead atoms. The molecule has 0 amide bonds. The van der Waals surface area contributed by atoms with Crippen molar-refractivity contribution in [1.29, 1.82) is 0 Å². The maximum Gasteiger partial charge on any atom is 0.134 e. The van der Waals surface area contributed by atoms with Crippen molar-refractivity contribution in [3.05, 3.63) is 34.6 Å². The van der Waals surface area contributed by atoms with Crippen LogP contribution in [0.2, 0.25) is 0 Å². The number of aryl methyl sites for hydroxylation is 2. The first kappa shape index (κ1) is 15.1. The largest absolute Gasteiger partial charge is 0.459 e. The number of fused-ring (bicyclic) bond motifs is 1. The molecule has 0 aliphatic carbocycles. The molecule has 0 aliphatic heterocycles. The predicted octanol–water partition coefficient (Wildman–Crippen LogP) is 4.75. The van der Waals surface area contributed by atoms with Crippen molar-refractivity contribution in [3.63, 3.8) is 0 Å². The molecule has 0 unspecified atom stereocenters. The molecule has 2 heteroatoms. The Kier molecular flexibility index (Phi) is 4.54. The summed E-state index contributed by atoms with van der Waals surface area (Å²) in [6.45, 7) is 14.0. The Hall–Kier alpha value is -1.28. The van der Waals surface area contributed by atoms with Gasteiger partial charge < -0.3 is 9.73 Å². The number of furan rings is 1. The normalized spacial score (nSPS) is 12.0. The van der Waals surface area contributed by atoms with E-state index in [4.69, 9.17) is 4.42 Å². The summed E-state index contributed by atoms with van der Waals surface area (Å²) in [5.41, 5.74) is 5.05. The maximum absolute atomic E-state index is 6.12. The summed E-state index contributed by atoms with van der Waals surface area (Å²) >= 11 is 0. The van der Waals surface area contributed by atoms with Gasteiger partial charge in [-0.2, -0.15) is 0 Å². The third-order valence-electron chi connectivity index (χ3n) is 3.77. The Morgan fingerprint density at radius 2 is 1.70 bits per heavy atom. The van der Waals surface area contributed by atoms with Gasteiger partial charge in [-0.05, 0) is 49.4 Å². The third kappa shape index (κ3) is 3.24. The van der Waals surface area contributed by atoms with Crippen molar-refractivity contribution in [3.8, 4) is 0 Å². The molecule has 0 spiro atoms. The standard InChI is InChI=1S/C18H27NO/c1-11(2)7-15-16-8-13(5)14(6)9-17(16)20-18(15)10-19-12(3)4/h8-9,11-12,19H,7,10H2,1-6H3. The Labute approximate surface area is 122 Å². The topological polar surface area (TPSA) is 25.2 Å². The van der Waals surface area contributed by atoms with Crippen LogP contribution in [0.1, 0.15) is 50.1 Å². The summed E-state index contributed by atoms with van der Waals surface area (Å²) in [5, 5.41) is 4.77. The monoisotopic (exact) mass is 273 g/mol. The zero-order valence-electron chi connectivity index (χ0n) is 13.6. The number of rotatable bonds is 5. The van der Waals surface area contributed by atoms with Crippen LogP contribution in [-0.2, 0) is 13.0 Å². The van der Waals surface area contributed by atoms with Crippen LogP contribution in [0.5, 0.6) is 0 Å². The molecule has 0 atom stereocenters. The first-order chi connectivity index (χ1) is 9.38. The van der Waals surface area contributed by atoms with E-state index in [9.17, 15) is 0 Å². The smallest absolute Gasteiger partial charge is 0.134 e. The third-order valence-corrected chi connectivity index (χ3v) is 3.77. The summed E-state index contributed by atoms with van der Waals surface area (Å²) in [6, 6.07) is 4.93. The average Bonchev–Trinajstić information content (AvgIpc) is 2.65. The lowest BCUT2D eigenvalue weighted by Gasteiger charge is -2.09. The molecule has 1 aromatic carbocycles. The van der Waals surface area contributed by atoms with E-state index in [2.05, 4.69) is 59.0 Å². The maximum atomic E-state index is 6.12. The number of nitrogens with one attached hydrogen (secondary N) is 1. The van der Waals surface area contributed by atoms with E-state index in [0.29, 0.717) is 12.0 Å². The van der Waals surface area contributed by atoms with Crippen molar-refractivity contribution in [2.45, 2.75) is 60.5 Å². The second-order valence-electron chi connectivity index (χ2n) is 6.57. The van der Waals surface area contributed by atoms with Crippen molar-refractivity contribution in [2.24, 2.45) is 5.92 Å². The van der Waals surface area contributed by atoms with Crippen molar-refractivity contribution in [2.75, 3.05) is 0 Å². The second-order valence-corrected chi connectivity index (χ2v) is 6.57. The van der Waals surface area contributed by atoms with Crippen LogP contribution in [0.25, 0.3) is 11.0 Å². The average molecular weight is 273 g/mol. The lowest BCUT2D eigenvalue weighted by atomic mass is 9.97. The molecule has 2 nitrogen and oxygen atoms in total. The molecule has 1 aromatic heterocycles. The molecule has 20 heavy (non-hydrogen) atoms. The summed E-state index contributed by atoms with van der Waals surface area (Å²) in [5.74, 6) is 1.74. The SMILES string of the molecule is Cc1cc2oc(CNC(C)C)c(CC(C)C)c2cc1C. The molecule has 0 saturated heterocycles. The first-order valence-electron chi connectivity index (χ1n) is 7.63. The number of hydrogen-bond donors (Lipinski definition) is 1. The number of hydrogen-bond acceptors (Lipinski definition) is 2. The first-order valence-corrected chi connectivity index (χ1v) is 7.63. The fourth-order valence-corrected chi connectivity index (χ4v) is 2.53. The van der Waals surface area contributed by atoms with Crippen LogP contribution < -0.4 is 5.32 Å². The lowest BCUT2D eigenvalue weighted by Crippen LogP contribution is -2.22. The van der Waals surface area contributed by atoms with Gasteiger partial charge in [0.1, 0.15) is 11.3 Å². The lowest BCUT2D eigenvalue weighted by molar-refractivity contribution is 0.478. The van der Waals surface area contributed by atoms with Gasteiger partial charge in [-0.25, -0.2) is 0 Å². The predicted molar refractivity (Wildman–Crippen MR) is 86.2 cm³/mol. The number of benzene rings is 1. The molecule has 1 heterocycles. The minimum absolute atomic E-state index is 0.471. The molecule has 2 aromatic rings. The minimum Gasteiger partial charge on any atom is -0.459 e. The van der Waals surface area contributed by atoms with Crippen LogP contribution in [-0.4, -0.2) is 6.04 Å². The van der Waals surface area contributed by atoms with Gasteiger partial charge in [-0.15, -0.1) is 0 Å². The highest BCUT2D eigenvalue weighted by molar-refractivity contribution is 5.84. The molecular weight excluding hydrogens is 246 g/mol. The van der Waals surface area contributed by atoms with Crippen LogP contribution in [0.15, 0.2) is 16.5 Å². The van der Waals surface area contributed by atoms with E-state index < -0.39 is 0 Å². The Morgan fingerprint density at radius 1 is 1.05 bits per heavy atom. The summed E-state index contributed by atoms with van der Waals surface area (Å²) in [4.78, 5) is 0. The molecule has 0 aliphatic rings.